The molecule has 28 heavy (non-hydrogen) atoms. The Balaban J connectivity index is 2.98. The molecule has 0 amide bonds. The van der Waals surface area contributed by atoms with Crippen molar-refractivity contribution in [2.45, 2.75) is 76.5 Å². The van der Waals surface area contributed by atoms with E-state index in [0.717, 1.165) is 0 Å². The maximum absolute atomic E-state index is 12.6. The molecule has 0 aliphatic carbocycles. The zero-order valence-corrected chi connectivity index (χ0v) is 18.1. The largest absolute Gasteiger partial charge is 0.460 e. The molecule has 3 N–H and O–H groups in total. The van der Waals surface area contributed by atoms with Crippen LogP contribution >= 0.6 is 0 Å². The third kappa shape index (κ3) is 8.71. The summed E-state index contributed by atoms with van der Waals surface area (Å²) in [5.41, 5.74) is 4.50. The van der Waals surface area contributed by atoms with E-state index >= 15 is 0 Å². The van der Waals surface area contributed by atoms with Gasteiger partial charge in [0, 0.05) is 12.1 Å². The molecule has 0 fully saturated rings. The molecule has 1 atom stereocenters. The fourth-order valence-corrected chi connectivity index (χ4v) is 3.37. The van der Waals surface area contributed by atoms with Gasteiger partial charge in [-0.2, -0.15) is 4.72 Å². The number of hydrogen-bond donors (Lipinski definition) is 2. The van der Waals surface area contributed by atoms with Crippen LogP contribution in [0.15, 0.2) is 29.2 Å². The number of rotatable bonds is 7. The SMILES string of the molecule is CC(C)(C)OC(=O)CC[C@H](NS(=O)(=O)c1ccc(N)cc1)C(=O)OC(C)(C)C. The van der Waals surface area contributed by atoms with Crippen molar-refractivity contribution in [2.24, 2.45) is 0 Å². The quantitative estimate of drug-likeness (QED) is 0.518. The summed E-state index contributed by atoms with van der Waals surface area (Å²) < 4.78 is 38.1. The van der Waals surface area contributed by atoms with Crippen LogP contribution in [0.2, 0.25) is 0 Å². The van der Waals surface area contributed by atoms with Gasteiger partial charge in [0.25, 0.3) is 0 Å². The molecule has 0 bridgehead atoms. The maximum atomic E-state index is 12.6. The first-order valence-corrected chi connectivity index (χ1v) is 10.4. The van der Waals surface area contributed by atoms with E-state index < -0.39 is 39.2 Å². The summed E-state index contributed by atoms with van der Waals surface area (Å²) in [5.74, 6) is -1.30. The highest BCUT2D eigenvalue weighted by Gasteiger charge is 2.31. The topological polar surface area (TPSA) is 125 Å². The summed E-state index contributed by atoms with van der Waals surface area (Å²) in [6.45, 7) is 10.2. The Morgan fingerprint density at radius 3 is 1.96 bits per heavy atom. The minimum Gasteiger partial charge on any atom is -0.460 e. The van der Waals surface area contributed by atoms with Gasteiger partial charge in [0.2, 0.25) is 10.0 Å². The molecule has 0 aliphatic rings. The number of anilines is 1. The highest BCUT2D eigenvalue weighted by Crippen LogP contribution is 2.17. The summed E-state index contributed by atoms with van der Waals surface area (Å²) in [6, 6.07) is 4.31. The first-order valence-electron chi connectivity index (χ1n) is 8.92. The van der Waals surface area contributed by atoms with Gasteiger partial charge in [-0.05, 0) is 72.2 Å². The minimum atomic E-state index is -4.02. The third-order valence-electron chi connectivity index (χ3n) is 3.24. The number of hydrogen-bond acceptors (Lipinski definition) is 7. The molecule has 9 heteroatoms. The van der Waals surface area contributed by atoms with E-state index in [1.165, 1.54) is 24.3 Å². The molecule has 0 saturated heterocycles. The van der Waals surface area contributed by atoms with Crippen LogP contribution in [0.5, 0.6) is 0 Å². The highest BCUT2D eigenvalue weighted by atomic mass is 32.2. The number of ether oxygens (including phenoxy) is 2. The van der Waals surface area contributed by atoms with Gasteiger partial charge in [-0.3, -0.25) is 9.59 Å². The molecular weight excluding hydrogens is 384 g/mol. The van der Waals surface area contributed by atoms with E-state index in [0.29, 0.717) is 5.69 Å². The Kier molecular flexibility index (Phi) is 7.61. The number of esters is 2. The second-order valence-corrected chi connectivity index (χ2v) is 10.1. The number of nitrogens with one attached hydrogen (secondary N) is 1. The van der Waals surface area contributed by atoms with Crippen molar-refractivity contribution in [3.05, 3.63) is 24.3 Å². The Morgan fingerprint density at radius 1 is 1.00 bits per heavy atom. The van der Waals surface area contributed by atoms with Gasteiger partial charge in [-0.25, -0.2) is 8.42 Å². The average Bonchev–Trinajstić information content (AvgIpc) is 2.48. The van der Waals surface area contributed by atoms with Crippen molar-refractivity contribution in [1.82, 2.24) is 4.72 Å². The lowest BCUT2D eigenvalue weighted by atomic mass is 10.1. The molecule has 1 aromatic rings. The van der Waals surface area contributed by atoms with Gasteiger partial charge in [-0.1, -0.05) is 0 Å². The normalized spacial score (nSPS) is 13.6. The molecule has 0 aliphatic heterocycles. The van der Waals surface area contributed by atoms with E-state index in [1.54, 1.807) is 41.5 Å². The predicted octanol–water partition coefficient (Wildman–Crippen LogP) is 2.38. The third-order valence-corrected chi connectivity index (χ3v) is 4.72. The van der Waals surface area contributed by atoms with Gasteiger partial charge < -0.3 is 15.2 Å². The van der Waals surface area contributed by atoms with Gasteiger partial charge >= 0.3 is 11.9 Å². The van der Waals surface area contributed by atoms with Crippen molar-refractivity contribution in [1.29, 1.82) is 0 Å². The lowest BCUT2D eigenvalue weighted by Gasteiger charge is -2.25. The van der Waals surface area contributed by atoms with Crippen molar-refractivity contribution in [3.63, 3.8) is 0 Å². The summed E-state index contributed by atoms with van der Waals surface area (Å²) in [4.78, 5) is 24.4. The van der Waals surface area contributed by atoms with Crippen LogP contribution in [0.3, 0.4) is 0 Å². The molecule has 0 unspecified atom stereocenters. The summed E-state index contributed by atoms with van der Waals surface area (Å²) >= 11 is 0. The molecule has 0 radical (unpaired) electrons. The Bertz CT molecular complexity index is 789. The molecule has 1 aromatic carbocycles. The van der Waals surface area contributed by atoms with E-state index in [4.69, 9.17) is 15.2 Å². The Hall–Kier alpha value is -2.13. The molecule has 1 rings (SSSR count). The molecule has 0 heterocycles. The molecule has 0 spiro atoms. The average molecular weight is 415 g/mol. The molecule has 158 valence electrons. The summed E-state index contributed by atoms with van der Waals surface area (Å²) in [5, 5.41) is 0. The monoisotopic (exact) mass is 414 g/mol. The Labute approximate surface area is 166 Å². The van der Waals surface area contributed by atoms with Gasteiger partial charge in [0.05, 0.1) is 4.90 Å². The van der Waals surface area contributed by atoms with E-state index in [1.807, 2.05) is 0 Å². The maximum Gasteiger partial charge on any atom is 0.324 e. The molecule has 8 nitrogen and oxygen atoms in total. The number of carbonyl (C=O) groups is 2. The van der Waals surface area contributed by atoms with Crippen LogP contribution in [0.4, 0.5) is 5.69 Å². The number of nitrogens with two attached hydrogens (primary N) is 1. The summed E-state index contributed by atoms with van der Waals surface area (Å²) in [7, 11) is -4.02. The van der Waals surface area contributed by atoms with Gasteiger partial charge in [0.1, 0.15) is 17.2 Å². The van der Waals surface area contributed by atoms with E-state index in [-0.39, 0.29) is 17.7 Å². The van der Waals surface area contributed by atoms with Crippen LogP contribution in [0.1, 0.15) is 54.4 Å². The van der Waals surface area contributed by atoms with Crippen LogP contribution < -0.4 is 10.5 Å². The fourth-order valence-electron chi connectivity index (χ4n) is 2.15. The van der Waals surface area contributed by atoms with Gasteiger partial charge in [0.15, 0.2) is 0 Å². The van der Waals surface area contributed by atoms with Crippen molar-refractivity contribution in [2.75, 3.05) is 5.73 Å². The first-order chi connectivity index (χ1) is 12.6. The highest BCUT2D eigenvalue weighted by molar-refractivity contribution is 7.89. The number of carbonyl (C=O) groups excluding carboxylic acids is 2. The first kappa shape index (κ1) is 23.9. The number of benzene rings is 1. The Morgan fingerprint density at radius 2 is 1.50 bits per heavy atom. The predicted molar refractivity (Wildman–Crippen MR) is 106 cm³/mol. The van der Waals surface area contributed by atoms with Gasteiger partial charge in [-0.15, -0.1) is 0 Å². The van der Waals surface area contributed by atoms with Crippen LogP contribution in [-0.4, -0.2) is 37.6 Å². The van der Waals surface area contributed by atoms with E-state index in [9.17, 15) is 18.0 Å². The smallest absolute Gasteiger partial charge is 0.324 e. The second kappa shape index (κ2) is 8.91. The van der Waals surface area contributed by atoms with Crippen molar-refractivity contribution >= 4 is 27.6 Å². The van der Waals surface area contributed by atoms with Crippen molar-refractivity contribution in [3.8, 4) is 0 Å². The zero-order valence-electron chi connectivity index (χ0n) is 17.2. The minimum absolute atomic E-state index is 0.0486. The number of sulfonamides is 1. The zero-order chi connectivity index (χ0) is 21.8. The molecule has 0 aromatic heterocycles. The van der Waals surface area contributed by atoms with Crippen LogP contribution in [0, 0.1) is 0 Å². The number of nitrogen functional groups attached to an aromatic ring is 1. The summed E-state index contributed by atoms with van der Waals surface area (Å²) in [6.07, 6.45) is -0.247. The molecule has 0 saturated carbocycles. The molecular formula is C19H30N2O6S. The fraction of sp³-hybridized carbons (Fsp3) is 0.579. The standard InChI is InChI=1S/C19H30N2O6S/c1-18(2,3)26-16(22)12-11-15(17(23)27-19(4,5)6)21-28(24,25)14-9-7-13(20)8-10-14/h7-10,15,21H,11-12,20H2,1-6H3/t15-/m0/s1. The van der Waals surface area contributed by atoms with Crippen molar-refractivity contribution < 1.29 is 27.5 Å². The lowest BCUT2D eigenvalue weighted by molar-refractivity contribution is -0.158. The lowest BCUT2D eigenvalue weighted by Crippen LogP contribution is -2.44. The van der Waals surface area contributed by atoms with E-state index in [2.05, 4.69) is 4.72 Å². The van der Waals surface area contributed by atoms with Crippen LogP contribution in [0.25, 0.3) is 0 Å². The second-order valence-electron chi connectivity index (χ2n) is 8.40. The van der Waals surface area contributed by atoms with Crippen LogP contribution in [-0.2, 0) is 29.1 Å².